The standard InChI is InChI=1S/C33H56O3S/c1-23(2)9-7-10-24(3)28-13-14-29-27-12-11-25-21-26(36-19-8-20-37-22-31(34)35-6)15-17-32(25,4)30(27)16-18-33(28,29)5/h11,23-24,26-30H,7-10,12-22H2,1-6H3/t24-,26?,27?,28-,29?,30?,32+,33-/m1/s1. The summed E-state index contributed by atoms with van der Waals surface area (Å²) in [5.74, 6) is 6.69. The average molecular weight is 533 g/mol. The van der Waals surface area contributed by atoms with Gasteiger partial charge in [0.05, 0.1) is 19.0 Å². The van der Waals surface area contributed by atoms with Gasteiger partial charge in [0.25, 0.3) is 0 Å². The molecule has 0 saturated heterocycles. The van der Waals surface area contributed by atoms with Gasteiger partial charge in [0.2, 0.25) is 0 Å². The Morgan fingerprint density at radius 2 is 1.86 bits per heavy atom. The number of rotatable bonds is 12. The molecule has 0 bridgehead atoms. The van der Waals surface area contributed by atoms with E-state index in [1.807, 2.05) is 0 Å². The molecular weight excluding hydrogens is 476 g/mol. The van der Waals surface area contributed by atoms with Crippen LogP contribution in [0.25, 0.3) is 0 Å². The largest absolute Gasteiger partial charge is 0.468 e. The van der Waals surface area contributed by atoms with Crippen LogP contribution in [0.1, 0.15) is 112 Å². The second-order valence-corrected chi connectivity index (χ2v) is 15.1. The molecule has 0 aromatic rings. The molecule has 3 nitrogen and oxygen atoms in total. The molecule has 0 aromatic carbocycles. The third kappa shape index (κ3) is 6.47. The summed E-state index contributed by atoms with van der Waals surface area (Å²) in [5, 5.41) is 0. The van der Waals surface area contributed by atoms with Gasteiger partial charge in [-0.05, 0) is 110 Å². The molecule has 8 atom stereocenters. The zero-order valence-electron chi connectivity index (χ0n) is 24.9. The van der Waals surface area contributed by atoms with Gasteiger partial charge in [-0.15, -0.1) is 0 Å². The van der Waals surface area contributed by atoms with E-state index in [4.69, 9.17) is 9.47 Å². The highest BCUT2D eigenvalue weighted by molar-refractivity contribution is 7.99. The van der Waals surface area contributed by atoms with Gasteiger partial charge in [0.1, 0.15) is 0 Å². The average Bonchev–Trinajstić information content (AvgIpc) is 3.23. The molecular formula is C33H56O3S. The lowest BCUT2D eigenvalue weighted by molar-refractivity contribution is -0.137. The van der Waals surface area contributed by atoms with Crippen molar-refractivity contribution in [2.45, 2.75) is 118 Å². The van der Waals surface area contributed by atoms with Crippen molar-refractivity contribution in [3.8, 4) is 0 Å². The Morgan fingerprint density at radius 3 is 2.62 bits per heavy atom. The highest BCUT2D eigenvalue weighted by Crippen LogP contribution is 2.67. The van der Waals surface area contributed by atoms with Gasteiger partial charge in [-0.25, -0.2) is 0 Å². The molecule has 4 aliphatic carbocycles. The zero-order chi connectivity index (χ0) is 26.6. The van der Waals surface area contributed by atoms with E-state index in [1.165, 1.54) is 71.3 Å². The van der Waals surface area contributed by atoms with Crippen LogP contribution >= 0.6 is 11.8 Å². The molecule has 4 rings (SSSR count). The normalized spacial score (nSPS) is 37.9. The first-order chi connectivity index (χ1) is 17.7. The van der Waals surface area contributed by atoms with Crippen molar-refractivity contribution < 1.29 is 14.3 Å². The highest BCUT2D eigenvalue weighted by atomic mass is 32.2. The van der Waals surface area contributed by atoms with Crippen LogP contribution in [-0.4, -0.2) is 37.3 Å². The van der Waals surface area contributed by atoms with Gasteiger partial charge in [-0.3, -0.25) is 4.79 Å². The van der Waals surface area contributed by atoms with E-state index >= 15 is 0 Å². The minimum absolute atomic E-state index is 0.132. The molecule has 0 N–H and O–H groups in total. The van der Waals surface area contributed by atoms with Crippen LogP contribution < -0.4 is 0 Å². The number of carbonyl (C=O) groups is 1. The van der Waals surface area contributed by atoms with E-state index in [1.54, 1.807) is 17.3 Å². The molecule has 212 valence electrons. The number of hydrogen-bond donors (Lipinski definition) is 0. The van der Waals surface area contributed by atoms with Crippen LogP contribution in [0.5, 0.6) is 0 Å². The van der Waals surface area contributed by atoms with Gasteiger partial charge in [0, 0.05) is 6.61 Å². The topological polar surface area (TPSA) is 35.5 Å². The highest BCUT2D eigenvalue weighted by Gasteiger charge is 2.59. The van der Waals surface area contributed by atoms with Crippen LogP contribution in [0.2, 0.25) is 0 Å². The SMILES string of the molecule is COC(=O)CSCCCOC1CC[C@@]2(C)C(=CCC3C2CC[C@@]2(C)C3CC[C@@H]2[C@H](C)CCCC(C)C)C1. The molecule has 4 unspecified atom stereocenters. The fraction of sp³-hybridized carbons (Fsp3) is 0.909. The number of hydrogen-bond acceptors (Lipinski definition) is 4. The number of thioether (sulfide) groups is 1. The third-order valence-electron chi connectivity index (χ3n) is 11.5. The second-order valence-electron chi connectivity index (χ2n) is 14.0. The van der Waals surface area contributed by atoms with Gasteiger partial charge in [-0.1, -0.05) is 65.5 Å². The maximum Gasteiger partial charge on any atom is 0.315 e. The van der Waals surface area contributed by atoms with Crippen LogP contribution in [0.15, 0.2) is 11.6 Å². The lowest BCUT2D eigenvalue weighted by atomic mass is 9.47. The van der Waals surface area contributed by atoms with Crippen molar-refractivity contribution in [2.75, 3.05) is 25.2 Å². The van der Waals surface area contributed by atoms with E-state index in [0.717, 1.165) is 60.7 Å². The molecule has 0 heterocycles. The molecule has 3 fully saturated rings. The molecule has 0 spiro atoms. The summed E-state index contributed by atoms with van der Waals surface area (Å²) < 4.78 is 11.1. The third-order valence-corrected chi connectivity index (χ3v) is 12.5. The molecule has 0 aliphatic heterocycles. The Morgan fingerprint density at radius 1 is 1.05 bits per heavy atom. The van der Waals surface area contributed by atoms with Crippen LogP contribution in [-0.2, 0) is 14.3 Å². The van der Waals surface area contributed by atoms with Crippen molar-refractivity contribution in [3.05, 3.63) is 11.6 Å². The van der Waals surface area contributed by atoms with E-state index in [0.29, 0.717) is 22.7 Å². The summed E-state index contributed by atoms with van der Waals surface area (Å²) >= 11 is 1.65. The smallest absolute Gasteiger partial charge is 0.315 e. The summed E-state index contributed by atoms with van der Waals surface area (Å²) in [6, 6.07) is 0. The molecule has 0 amide bonds. The number of fused-ring (bicyclic) bond motifs is 5. The first-order valence-electron chi connectivity index (χ1n) is 15.6. The molecule has 4 heteroatoms. The van der Waals surface area contributed by atoms with Crippen molar-refractivity contribution in [2.24, 2.45) is 46.3 Å². The predicted octanol–water partition coefficient (Wildman–Crippen LogP) is 8.71. The first-order valence-corrected chi connectivity index (χ1v) is 16.8. The van der Waals surface area contributed by atoms with Gasteiger partial charge < -0.3 is 9.47 Å². The number of ether oxygens (including phenoxy) is 2. The summed E-state index contributed by atoms with van der Waals surface area (Å²) in [6.07, 6.45) is 19.2. The fourth-order valence-corrected chi connectivity index (χ4v) is 10.2. The van der Waals surface area contributed by atoms with Crippen LogP contribution in [0.4, 0.5) is 0 Å². The quantitative estimate of drug-likeness (QED) is 0.143. The summed E-state index contributed by atoms with van der Waals surface area (Å²) in [7, 11) is 1.46. The van der Waals surface area contributed by atoms with Crippen LogP contribution in [0, 0.1) is 46.3 Å². The van der Waals surface area contributed by atoms with Crippen molar-refractivity contribution in [1.82, 2.24) is 0 Å². The fourth-order valence-electron chi connectivity index (χ4n) is 9.42. The predicted molar refractivity (Wildman–Crippen MR) is 157 cm³/mol. The maximum atomic E-state index is 11.3. The van der Waals surface area contributed by atoms with Crippen LogP contribution in [0.3, 0.4) is 0 Å². The number of methoxy groups -OCH3 is 1. The number of esters is 1. The number of allylic oxidation sites excluding steroid dienone is 1. The monoisotopic (exact) mass is 532 g/mol. The van der Waals surface area contributed by atoms with E-state index in [9.17, 15) is 4.79 Å². The van der Waals surface area contributed by atoms with Gasteiger partial charge in [-0.2, -0.15) is 11.8 Å². The molecule has 37 heavy (non-hydrogen) atoms. The lowest BCUT2D eigenvalue weighted by Crippen LogP contribution is -2.51. The Labute approximate surface area is 232 Å². The van der Waals surface area contributed by atoms with Gasteiger partial charge >= 0.3 is 5.97 Å². The number of carbonyl (C=O) groups excluding carboxylic acids is 1. The second kappa shape index (κ2) is 12.8. The lowest BCUT2D eigenvalue weighted by Gasteiger charge is -2.58. The minimum Gasteiger partial charge on any atom is -0.468 e. The van der Waals surface area contributed by atoms with Gasteiger partial charge in [0.15, 0.2) is 0 Å². The Balaban J connectivity index is 1.30. The Kier molecular flexibility index (Phi) is 10.2. The molecule has 4 aliphatic rings. The summed E-state index contributed by atoms with van der Waals surface area (Å²) in [6.45, 7) is 13.5. The molecule has 0 radical (unpaired) electrons. The molecule has 0 aromatic heterocycles. The zero-order valence-corrected chi connectivity index (χ0v) is 25.7. The summed E-state index contributed by atoms with van der Waals surface area (Å²) in [5.41, 5.74) is 2.71. The summed E-state index contributed by atoms with van der Waals surface area (Å²) in [4.78, 5) is 11.3. The molecule has 3 saturated carbocycles. The van der Waals surface area contributed by atoms with Crippen molar-refractivity contribution in [1.29, 1.82) is 0 Å². The van der Waals surface area contributed by atoms with E-state index in [2.05, 4.69) is 40.7 Å². The minimum atomic E-state index is -0.132. The van der Waals surface area contributed by atoms with Crippen molar-refractivity contribution >= 4 is 17.7 Å². The maximum absolute atomic E-state index is 11.3. The Hall–Kier alpha value is -0.480. The Bertz CT molecular complexity index is 792. The first kappa shape index (κ1) is 29.5. The van der Waals surface area contributed by atoms with E-state index in [-0.39, 0.29) is 5.97 Å². The van der Waals surface area contributed by atoms with E-state index < -0.39 is 0 Å². The van der Waals surface area contributed by atoms with Crippen molar-refractivity contribution in [3.63, 3.8) is 0 Å².